The summed E-state index contributed by atoms with van der Waals surface area (Å²) in [6.07, 6.45) is 1.81. The second-order valence-electron chi connectivity index (χ2n) is 4.20. The molecule has 2 aromatic rings. The molecule has 8 heteroatoms. The summed E-state index contributed by atoms with van der Waals surface area (Å²) in [7, 11) is 1.59. The molecule has 0 aromatic carbocycles. The number of carboxylic acid groups (broad SMARTS) is 1. The average molecular weight is 324 g/mol. The van der Waals surface area contributed by atoms with Crippen molar-refractivity contribution in [2.45, 2.75) is 0 Å². The topological polar surface area (TPSA) is 93.6 Å². The smallest absolute Gasteiger partial charge is 0.409 e. The number of amides is 1. The summed E-state index contributed by atoms with van der Waals surface area (Å²) in [6.45, 7) is 0.904. The van der Waals surface area contributed by atoms with Crippen molar-refractivity contribution in [3.63, 3.8) is 0 Å². The van der Waals surface area contributed by atoms with Gasteiger partial charge in [0.1, 0.15) is 17.5 Å². The van der Waals surface area contributed by atoms with Gasteiger partial charge < -0.3 is 14.6 Å². The fraction of sp³-hybridized carbons (Fsp3) is 0.214. The van der Waals surface area contributed by atoms with E-state index < -0.39 is 6.09 Å². The van der Waals surface area contributed by atoms with Crippen LogP contribution in [0.15, 0.2) is 30.6 Å². The van der Waals surface area contributed by atoms with Crippen LogP contribution in [-0.4, -0.2) is 41.5 Å². The first kappa shape index (κ1) is 16.0. The van der Waals surface area contributed by atoms with Crippen LogP contribution in [0, 0.1) is 0 Å². The first-order valence-electron chi connectivity index (χ1n) is 6.34. The minimum absolute atomic E-state index is 0.187. The summed E-state index contributed by atoms with van der Waals surface area (Å²) in [5.41, 5.74) is 1.38. The Bertz CT molecular complexity index is 649. The van der Waals surface area contributed by atoms with Crippen molar-refractivity contribution in [2.24, 2.45) is 0 Å². The Hall–Kier alpha value is -2.38. The van der Waals surface area contributed by atoms with Gasteiger partial charge >= 0.3 is 6.09 Å². The predicted octanol–water partition coefficient (Wildman–Crippen LogP) is 2.91. The number of anilines is 1. The summed E-state index contributed by atoms with van der Waals surface area (Å²) in [5.74, 6) is 0.593. The van der Waals surface area contributed by atoms with Crippen LogP contribution in [0.25, 0.3) is 11.3 Å². The number of ether oxygens (including phenoxy) is 2. The zero-order chi connectivity index (χ0) is 15.9. The Morgan fingerprint density at radius 2 is 2.14 bits per heavy atom. The summed E-state index contributed by atoms with van der Waals surface area (Å²) in [5, 5.41) is 11.3. The molecule has 0 unspecified atom stereocenters. The second kappa shape index (κ2) is 7.58. The SMILES string of the molecule is COCCOc1ccc(-c2cnc(Cl)cc2NC(=O)O)nc1. The van der Waals surface area contributed by atoms with E-state index in [4.69, 9.17) is 26.2 Å². The van der Waals surface area contributed by atoms with Gasteiger partial charge in [-0.05, 0) is 18.2 Å². The molecule has 0 saturated carbocycles. The van der Waals surface area contributed by atoms with Gasteiger partial charge in [0.15, 0.2) is 0 Å². The number of halogens is 1. The number of nitrogens with one attached hydrogen (secondary N) is 1. The number of rotatable bonds is 6. The van der Waals surface area contributed by atoms with E-state index >= 15 is 0 Å². The highest BCUT2D eigenvalue weighted by Crippen LogP contribution is 2.28. The summed E-state index contributed by atoms with van der Waals surface area (Å²) in [6, 6.07) is 4.87. The van der Waals surface area contributed by atoms with Crippen molar-refractivity contribution in [1.82, 2.24) is 9.97 Å². The number of methoxy groups -OCH3 is 1. The van der Waals surface area contributed by atoms with Crippen molar-refractivity contribution in [1.29, 1.82) is 0 Å². The maximum atomic E-state index is 10.8. The number of hydrogen-bond donors (Lipinski definition) is 2. The quantitative estimate of drug-likeness (QED) is 0.627. The van der Waals surface area contributed by atoms with E-state index in [1.54, 1.807) is 25.4 Å². The molecule has 0 bridgehead atoms. The van der Waals surface area contributed by atoms with Gasteiger partial charge in [-0.2, -0.15) is 0 Å². The highest BCUT2D eigenvalue weighted by Gasteiger charge is 2.11. The lowest BCUT2D eigenvalue weighted by Crippen LogP contribution is -2.09. The Morgan fingerprint density at radius 1 is 1.32 bits per heavy atom. The zero-order valence-electron chi connectivity index (χ0n) is 11.7. The van der Waals surface area contributed by atoms with Crippen molar-refractivity contribution in [3.8, 4) is 17.0 Å². The van der Waals surface area contributed by atoms with Crippen LogP contribution in [0.2, 0.25) is 5.15 Å². The van der Waals surface area contributed by atoms with Gasteiger partial charge in [0.05, 0.1) is 24.2 Å². The standard InChI is InChI=1S/C14H14ClN3O4/c1-21-4-5-22-9-2-3-11(16-7-9)10-8-17-13(15)6-12(10)18-14(19)20/h2-3,6-8H,4-5H2,1H3,(H,17,18)(H,19,20). The minimum atomic E-state index is -1.19. The van der Waals surface area contributed by atoms with E-state index in [9.17, 15) is 4.79 Å². The molecule has 2 N–H and O–H groups in total. The average Bonchev–Trinajstić information content (AvgIpc) is 2.48. The zero-order valence-corrected chi connectivity index (χ0v) is 12.5. The van der Waals surface area contributed by atoms with Gasteiger partial charge in [0.2, 0.25) is 0 Å². The molecule has 2 aromatic heterocycles. The lowest BCUT2D eigenvalue weighted by atomic mass is 10.1. The van der Waals surface area contributed by atoms with E-state index in [1.165, 1.54) is 12.3 Å². The van der Waals surface area contributed by atoms with Crippen LogP contribution in [0.1, 0.15) is 0 Å². The van der Waals surface area contributed by atoms with Crippen molar-refractivity contribution in [3.05, 3.63) is 35.7 Å². The Labute approximate surface area is 131 Å². The van der Waals surface area contributed by atoms with Crippen LogP contribution in [0.3, 0.4) is 0 Å². The Morgan fingerprint density at radius 3 is 2.77 bits per heavy atom. The van der Waals surface area contributed by atoms with Crippen LogP contribution >= 0.6 is 11.6 Å². The third-order valence-electron chi connectivity index (χ3n) is 2.68. The molecule has 0 spiro atoms. The highest BCUT2D eigenvalue weighted by molar-refractivity contribution is 6.29. The molecule has 0 aliphatic carbocycles. The molecule has 2 heterocycles. The molecule has 0 aliphatic rings. The Kier molecular flexibility index (Phi) is 5.51. The number of carbonyl (C=O) groups is 1. The molecular weight excluding hydrogens is 310 g/mol. The second-order valence-corrected chi connectivity index (χ2v) is 4.59. The first-order valence-corrected chi connectivity index (χ1v) is 6.71. The summed E-state index contributed by atoms with van der Waals surface area (Å²) in [4.78, 5) is 19.0. The lowest BCUT2D eigenvalue weighted by Gasteiger charge is -2.10. The third kappa shape index (κ3) is 4.31. The van der Waals surface area contributed by atoms with Gasteiger partial charge in [-0.1, -0.05) is 11.6 Å². The summed E-state index contributed by atoms with van der Waals surface area (Å²) < 4.78 is 10.3. The van der Waals surface area contributed by atoms with Crippen LogP contribution in [0.4, 0.5) is 10.5 Å². The number of aromatic nitrogens is 2. The van der Waals surface area contributed by atoms with Gasteiger partial charge in [0.25, 0.3) is 0 Å². The normalized spacial score (nSPS) is 10.3. The monoisotopic (exact) mass is 323 g/mol. The molecule has 0 atom stereocenters. The van der Waals surface area contributed by atoms with E-state index in [2.05, 4.69) is 15.3 Å². The number of hydrogen-bond acceptors (Lipinski definition) is 5. The molecule has 116 valence electrons. The van der Waals surface area contributed by atoms with E-state index in [-0.39, 0.29) is 5.15 Å². The van der Waals surface area contributed by atoms with Crippen LogP contribution in [0.5, 0.6) is 5.75 Å². The van der Waals surface area contributed by atoms with Gasteiger partial charge in [-0.3, -0.25) is 10.3 Å². The molecule has 0 fully saturated rings. The highest BCUT2D eigenvalue weighted by atomic mass is 35.5. The molecule has 0 saturated heterocycles. The molecule has 2 rings (SSSR count). The molecule has 0 radical (unpaired) electrons. The molecule has 7 nitrogen and oxygen atoms in total. The minimum Gasteiger partial charge on any atom is -0.490 e. The van der Waals surface area contributed by atoms with Crippen LogP contribution in [-0.2, 0) is 4.74 Å². The summed E-state index contributed by atoms with van der Waals surface area (Å²) >= 11 is 5.79. The molecular formula is C14H14ClN3O4. The van der Waals surface area contributed by atoms with E-state index in [0.29, 0.717) is 35.9 Å². The van der Waals surface area contributed by atoms with Crippen molar-refractivity contribution >= 4 is 23.4 Å². The van der Waals surface area contributed by atoms with Crippen LogP contribution < -0.4 is 10.1 Å². The van der Waals surface area contributed by atoms with E-state index in [1.807, 2.05) is 0 Å². The third-order valence-corrected chi connectivity index (χ3v) is 2.89. The predicted molar refractivity (Wildman–Crippen MR) is 81.5 cm³/mol. The molecule has 0 aliphatic heterocycles. The molecule has 22 heavy (non-hydrogen) atoms. The van der Waals surface area contributed by atoms with Crippen molar-refractivity contribution in [2.75, 3.05) is 25.6 Å². The fourth-order valence-corrected chi connectivity index (χ4v) is 1.88. The van der Waals surface area contributed by atoms with Gasteiger partial charge in [0, 0.05) is 18.9 Å². The number of pyridine rings is 2. The maximum absolute atomic E-state index is 10.8. The van der Waals surface area contributed by atoms with Gasteiger partial charge in [-0.15, -0.1) is 0 Å². The van der Waals surface area contributed by atoms with Crippen molar-refractivity contribution < 1.29 is 19.4 Å². The lowest BCUT2D eigenvalue weighted by molar-refractivity contribution is 0.146. The Balaban J connectivity index is 2.22. The maximum Gasteiger partial charge on any atom is 0.409 e. The largest absolute Gasteiger partial charge is 0.490 e. The van der Waals surface area contributed by atoms with Gasteiger partial charge in [-0.25, -0.2) is 9.78 Å². The number of nitrogens with zero attached hydrogens (tertiary/aromatic N) is 2. The first-order chi connectivity index (χ1) is 10.6. The fourth-order valence-electron chi connectivity index (χ4n) is 1.72. The molecule has 1 amide bonds. The van der Waals surface area contributed by atoms with E-state index in [0.717, 1.165) is 0 Å².